The van der Waals surface area contributed by atoms with Gasteiger partial charge in [0, 0.05) is 13.1 Å². The van der Waals surface area contributed by atoms with Gasteiger partial charge in [0.2, 0.25) is 5.91 Å². The number of halogens is 1. The van der Waals surface area contributed by atoms with Crippen molar-refractivity contribution in [1.29, 1.82) is 0 Å². The second-order valence-electron chi connectivity index (χ2n) is 2.98. The van der Waals surface area contributed by atoms with E-state index in [1.807, 2.05) is 0 Å². The van der Waals surface area contributed by atoms with E-state index in [1.165, 1.54) is 7.11 Å². The number of esters is 1. The fourth-order valence-electron chi connectivity index (χ4n) is 1.43. The molecule has 0 N–H and O–H groups in total. The average Bonchev–Trinajstić information content (AvgIpc) is 2.64. The van der Waals surface area contributed by atoms with Crippen molar-refractivity contribution in [3.8, 4) is 0 Å². The summed E-state index contributed by atoms with van der Waals surface area (Å²) in [4.78, 5) is 23.8. The van der Waals surface area contributed by atoms with Crippen LogP contribution < -0.4 is 0 Å². The monoisotopic (exact) mass is 205 g/mol. The van der Waals surface area contributed by atoms with Gasteiger partial charge in [-0.25, -0.2) is 0 Å². The Labute approximate surface area is 81.8 Å². The van der Waals surface area contributed by atoms with Crippen LogP contribution in [0.25, 0.3) is 0 Å². The van der Waals surface area contributed by atoms with Gasteiger partial charge in [-0.05, 0) is 6.42 Å². The highest BCUT2D eigenvalue weighted by Crippen LogP contribution is 2.17. The molecule has 1 saturated heterocycles. The Balaban J connectivity index is 2.44. The summed E-state index contributed by atoms with van der Waals surface area (Å²) in [6.45, 7) is 1.05. The number of hydrogen-bond donors (Lipinski definition) is 0. The molecular formula is C8H12ClNO3. The van der Waals surface area contributed by atoms with Gasteiger partial charge in [-0.15, -0.1) is 11.6 Å². The molecule has 0 saturated carbocycles. The summed E-state index contributed by atoms with van der Waals surface area (Å²) in [7, 11) is 1.36. The van der Waals surface area contributed by atoms with Crippen LogP contribution >= 0.6 is 11.6 Å². The van der Waals surface area contributed by atoms with E-state index in [-0.39, 0.29) is 23.7 Å². The Bertz CT molecular complexity index is 197. The minimum atomic E-state index is -0.245. The predicted octanol–water partition coefficient (Wildman–Crippen LogP) is 0.247. The Morgan fingerprint density at radius 1 is 1.62 bits per heavy atom. The van der Waals surface area contributed by atoms with E-state index in [0.717, 1.165) is 0 Å². The number of likely N-dealkylation sites (tertiary alicyclic amines) is 1. The smallest absolute Gasteiger partial charge is 0.310 e. The van der Waals surface area contributed by atoms with Crippen molar-refractivity contribution in [2.75, 3.05) is 26.1 Å². The van der Waals surface area contributed by atoms with Crippen LogP contribution in [0.15, 0.2) is 0 Å². The summed E-state index contributed by atoms with van der Waals surface area (Å²) in [5, 5.41) is 0. The molecule has 1 aliphatic rings. The maximum Gasteiger partial charge on any atom is 0.310 e. The zero-order valence-electron chi connectivity index (χ0n) is 7.46. The van der Waals surface area contributed by atoms with Crippen molar-refractivity contribution in [3.05, 3.63) is 0 Å². The lowest BCUT2D eigenvalue weighted by molar-refractivity contribution is -0.145. The summed E-state index contributed by atoms with van der Waals surface area (Å²) in [6.07, 6.45) is 0.676. The fourth-order valence-corrected chi connectivity index (χ4v) is 1.60. The molecule has 1 amide bonds. The maximum atomic E-state index is 11.1. The largest absolute Gasteiger partial charge is 0.469 e. The highest BCUT2D eigenvalue weighted by atomic mass is 35.5. The second kappa shape index (κ2) is 4.46. The summed E-state index contributed by atoms with van der Waals surface area (Å²) in [5.74, 6) is -0.552. The van der Waals surface area contributed by atoms with Gasteiger partial charge >= 0.3 is 5.97 Å². The molecule has 0 aromatic rings. The first-order chi connectivity index (χ1) is 6.19. The van der Waals surface area contributed by atoms with E-state index >= 15 is 0 Å². The lowest BCUT2D eigenvalue weighted by atomic mass is 10.1. The molecule has 1 atom stereocenters. The third-order valence-corrected chi connectivity index (χ3v) is 2.42. The van der Waals surface area contributed by atoms with E-state index in [1.54, 1.807) is 4.90 Å². The highest BCUT2D eigenvalue weighted by molar-refractivity contribution is 6.27. The predicted molar refractivity (Wildman–Crippen MR) is 47.4 cm³/mol. The molecule has 0 radical (unpaired) electrons. The zero-order chi connectivity index (χ0) is 9.84. The van der Waals surface area contributed by atoms with Crippen LogP contribution in [0.1, 0.15) is 6.42 Å². The van der Waals surface area contributed by atoms with Crippen molar-refractivity contribution in [2.45, 2.75) is 6.42 Å². The fraction of sp³-hybridized carbons (Fsp3) is 0.750. The van der Waals surface area contributed by atoms with Gasteiger partial charge < -0.3 is 9.64 Å². The zero-order valence-corrected chi connectivity index (χ0v) is 8.21. The standard InChI is InChI=1S/C8H12ClNO3/c1-13-8(12)6-2-3-10(5-6)7(11)4-9/h6H,2-5H2,1H3. The molecule has 0 aliphatic carbocycles. The van der Waals surface area contributed by atoms with E-state index in [4.69, 9.17) is 11.6 Å². The van der Waals surface area contributed by atoms with Crippen molar-refractivity contribution >= 4 is 23.5 Å². The Morgan fingerprint density at radius 3 is 2.85 bits per heavy atom. The van der Waals surface area contributed by atoms with Crippen molar-refractivity contribution < 1.29 is 14.3 Å². The number of carbonyl (C=O) groups excluding carboxylic acids is 2. The molecule has 5 heteroatoms. The van der Waals surface area contributed by atoms with Crippen LogP contribution in [0.5, 0.6) is 0 Å². The lowest BCUT2D eigenvalue weighted by Gasteiger charge is -2.13. The molecule has 0 aromatic carbocycles. The highest BCUT2D eigenvalue weighted by Gasteiger charge is 2.30. The van der Waals surface area contributed by atoms with Gasteiger partial charge in [0.1, 0.15) is 5.88 Å². The number of amides is 1. The van der Waals surface area contributed by atoms with Crippen LogP contribution in [0, 0.1) is 5.92 Å². The first kappa shape index (κ1) is 10.3. The summed E-state index contributed by atoms with van der Waals surface area (Å²) in [6, 6.07) is 0. The molecule has 1 aliphatic heterocycles. The molecule has 0 spiro atoms. The molecule has 4 nitrogen and oxygen atoms in total. The lowest BCUT2D eigenvalue weighted by Crippen LogP contribution is -2.30. The van der Waals surface area contributed by atoms with E-state index in [0.29, 0.717) is 19.5 Å². The van der Waals surface area contributed by atoms with E-state index in [2.05, 4.69) is 4.74 Å². The molecular weight excluding hydrogens is 194 g/mol. The molecule has 74 valence electrons. The number of alkyl halides is 1. The number of methoxy groups -OCH3 is 1. The van der Waals surface area contributed by atoms with Gasteiger partial charge in [0.15, 0.2) is 0 Å². The van der Waals surface area contributed by atoms with E-state index < -0.39 is 0 Å². The third-order valence-electron chi connectivity index (χ3n) is 2.19. The number of carbonyl (C=O) groups is 2. The van der Waals surface area contributed by atoms with Crippen LogP contribution in [-0.4, -0.2) is 42.9 Å². The molecule has 1 rings (SSSR count). The first-order valence-corrected chi connectivity index (χ1v) is 4.64. The molecule has 1 heterocycles. The third kappa shape index (κ3) is 2.34. The quantitative estimate of drug-likeness (QED) is 0.480. The first-order valence-electron chi connectivity index (χ1n) is 4.10. The summed E-state index contributed by atoms with van der Waals surface area (Å²) >= 11 is 5.39. The number of nitrogens with zero attached hydrogens (tertiary/aromatic N) is 1. The van der Waals surface area contributed by atoms with Gasteiger partial charge in [0.05, 0.1) is 13.0 Å². The van der Waals surface area contributed by atoms with Crippen LogP contribution in [0.2, 0.25) is 0 Å². The summed E-state index contributed by atoms with van der Waals surface area (Å²) < 4.78 is 4.59. The Hall–Kier alpha value is -0.770. The van der Waals surface area contributed by atoms with Gasteiger partial charge in [0.25, 0.3) is 0 Å². The molecule has 13 heavy (non-hydrogen) atoms. The van der Waals surface area contributed by atoms with Crippen LogP contribution in [-0.2, 0) is 14.3 Å². The molecule has 1 fully saturated rings. The Morgan fingerprint density at radius 2 is 2.31 bits per heavy atom. The van der Waals surface area contributed by atoms with Gasteiger partial charge in [-0.2, -0.15) is 0 Å². The van der Waals surface area contributed by atoms with Crippen LogP contribution in [0.4, 0.5) is 0 Å². The number of ether oxygens (including phenoxy) is 1. The number of hydrogen-bond acceptors (Lipinski definition) is 3. The number of rotatable bonds is 2. The van der Waals surface area contributed by atoms with Crippen molar-refractivity contribution in [3.63, 3.8) is 0 Å². The molecule has 0 aromatic heterocycles. The van der Waals surface area contributed by atoms with E-state index in [9.17, 15) is 9.59 Å². The van der Waals surface area contributed by atoms with Gasteiger partial charge in [-0.1, -0.05) is 0 Å². The van der Waals surface area contributed by atoms with Crippen molar-refractivity contribution in [2.24, 2.45) is 5.92 Å². The Kier molecular flexibility index (Phi) is 3.54. The topological polar surface area (TPSA) is 46.6 Å². The average molecular weight is 206 g/mol. The minimum absolute atomic E-state index is 0.0199. The maximum absolute atomic E-state index is 11.1. The summed E-state index contributed by atoms with van der Waals surface area (Å²) in [5.41, 5.74) is 0. The normalized spacial score (nSPS) is 21.7. The molecule has 1 unspecified atom stereocenters. The minimum Gasteiger partial charge on any atom is -0.469 e. The van der Waals surface area contributed by atoms with Gasteiger partial charge in [-0.3, -0.25) is 9.59 Å². The SMILES string of the molecule is COC(=O)C1CCN(C(=O)CCl)C1. The van der Waals surface area contributed by atoms with Crippen molar-refractivity contribution in [1.82, 2.24) is 4.90 Å². The second-order valence-corrected chi connectivity index (χ2v) is 3.25. The van der Waals surface area contributed by atoms with Crippen LogP contribution in [0.3, 0.4) is 0 Å². The molecule has 0 bridgehead atoms.